The van der Waals surface area contributed by atoms with Crippen molar-refractivity contribution < 1.29 is 4.79 Å². The molecule has 0 amide bonds. The van der Waals surface area contributed by atoms with Gasteiger partial charge in [0, 0.05) is 0 Å². The minimum Gasteiger partial charge on any atom is -0.299 e. The van der Waals surface area contributed by atoms with Crippen LogP contribution in [0, 0.1) is 0 Å². The lowest BCUT2D eigenvalue weighted by Crippen LogP contribution is -2.08. The van der Waals surface area contributed by atoms with Crippen LogP contribution in [0.15, 0.2) is 84.9 Å². The Labute approximate surface area is 142 Å². The molecule has 4 rings (SSSR count). The van der Waals surface area contributed by atoms with Gasteiger partial charge >= 0.3 is 0 Å². The number of allylic oxidation sites excluding steroid dienone is 1. The van der Waals surface area contributed by atoms with Gasteiger partial charge in [-0.05, 0) is 40.3 Å². The van der Waals surface area contributed by atoms with Crippen molar-refractivity contribution in [3.05, 3.63) is 107 Å². The number of hydrogen-bond donors (Lipinski definition) is 0. The van der Waals surface area contributed by atoms with E-state index in [9.17, 15) is 4.79 Å². The van der Waals surface area contributed by atoms with Crippen molar-refractivity contribution in [2.75, 3.05) is 0 Å². The zero-order valence-corrected chi connectivity index (χ0v) is 13.6. The standard InChI is InChI=1S/C23H18O/c1-16(24)21-19-14-8-9-15-20(19)22(17-10-4-2-5-11-17)23(21)18-12-6-3-7-13-18/h2-15,21H,1H3/t21-/m0/s1. The Balaban J connectivity index is 2.07. The summed E-state index contributed by atoms with van der Waals surface area (Å²) in [5.74, 6) is -0.00830. The van der Waals surface area contributed by atoms with Gasteiger partial charge in [0.05, 0.1) is 5.92 Å². The first kappa shape index (κ1) is 14.6. The molecule has 1 heteroatoms. The average molecular weight is 310 g/mol. The van der Waals surface area contributed by atoms with Crippen molar-refractivity contribution in [3.8, 4) is 0 Å². The van der Waals surface area contributed by atoms with Gasteiger partial charge in [-0.2, -0.15) is 0 Å². The van der Waals surface area contributed by atoms with E-state index >= 15 is 0 Å². The molecular formula is C23H18O. The molecule has 1 atom stereocenters. The van der Waals surface area contributed by atoms with Crippen LogP contribution >= 0.6 is 0 Å². The molecule has 0 unspecified atom stereocenters. The lowest BCUT2D eigenvalue weighted by Gasteiger charge is -2.15. The van der Waals surface area contributed by atoms with E-state index in [0.29, 0.717) is 0 Å². The van der Waals surface area contributed by atoms with Crippen molar-refractivity contribution in [3.63, 3.8) is 0 Å². The Morgan fingerprint density at radius 1 is 0.708 bits per heavy atom. The highest BCUT2D eigenvalue weighted by atomic mass is 16.1. The fraction of sp³-hybridized carbons (Fsp3) is 0.0870. The summed E-state index contributed by atoms with van der Waals surface area (Å²) in [4.78, 5) is 12.5. The zero-order chi connectivity index (χ0) is 16.5. The third-order valence-electron chi connectivity index (χ3n) is 4.65. The Kier molecular flexibility index (Phi) is 3.62. The molecule has 0 saturated heterocycles. The second kappa shape index (κ2) is 5.93. The van der Waals surface area contributed by atoms with Crippen LogP contribution in [0.5, 0.6) is 0 Å². The molecule has 1 aliphatic rings. The molecule has 0 aliphatic heterocycles. The number of hydrogen-bond acceptors (Lipinski definition) is 1. The number of benzene rings is 3. The molecule has 3 aromatic rings. The van der Waals surface area contributed by atoms with Gasteiger partial charge in [-0.3, -0.25) is 4.79 Å². The fourth-order valence-electron chi connectivity index (χ4n) is 3.69. The molecule has 1 aliphatic carbocycles. The van der Waals surface area contributed by atoms with Crippen LogP contribution in [-0.4, -0.2) is 5.78 Å². The van der Waals surface area contributed by atoms with Gasteiger partial charge in [-0.1, -0.05) is 84.9 Å². The largest absolute Gasteiger partial charge is 0.299 e. The van der Waals surface area contributed by atoms with E-state index in [1.165, 1.54) is 11.1 Å². The number of rotatable bonds is 3. The van der Waals surface area contributed by atoms with Gasteiger partial charge in [0.2, 0.25) is 0 Å². The predicted molar refractivity (Wildman–Crippen MR) is 98.7 cm³/mol. The summed E-state index contributed by atoms with van der Waals surface area (Å²) in [5, 5.41) is 0. The number of Topliss-reactive ketones (excluding diaryl/α,β-unsaturated/α-hetero) is 1. The molecule has 0 spiro atoms. The van der Waals surface area contributed by atoms with Gasteiger partial charge in [0.1, 0.15) is 5.78 Å². The third-order valence-corrected chi connectivity index (χ3v) is 4.65. The van der Waals surface area contributed by atoms with Crippen LogP contribution in [0.3, 0.4) is 0 Å². The lowest BCUT2D eigenvalue weighted by atomic mass is 9.87. The van der Waals surface area contributed by atoms with E-state index in [-0.39, 0.29) is 11.7 Å². The van der Waals surface area contributed by atoms with Crippen LogP contribution in [0.2, 0.25) is 0 Å². The summed E-state index contributed by atoms with van der Waals surface area (Å²) in [7, 11) is 0. The van der Waals surface area contributed by atoms with E-state index in [1.807, 2.05) is 36.4 Å². The summed E-state index contributed by atoms with van der Waals surface area (Å²) in [6, 6.07) is 28.9. The van der Waals surface area contributed by atoms with Crippen molar-refractivity contribution in [1.29, 1.82) is 0 Å². The van der Waals surface area contributed by atoms with Crippen LogP contribution in [-0.2, 0) is 4.79 Å². The summed E-state index contributed by atoms with van der Waals surface area (Å²) in [5.41, 5.74) is 6.86. The number of carbonyl (C=O) groups is 1. The molecule has 0 aromatic heterocycles. The molecule has 3 aromatic carbocycles. The average Bonchev–Trinajstić information content (AvgIpc) is 2.98. The quantitative estimate of drug-likeness (QED) is 0.639. The maximum absolute atomic E-state index is 12.5. The van der Waals surface area contributed by atoms with E-state index < -0.39 is 0 Å². The SMILES string of the molecule is CC(=O)[C@@H]1C(c2ccccc2)=C(c2ccccc2)c2ccccc21. The van der Waals surface area contributed by atoms with Crippen molar-refractivity contribution >= 4 is 16.9 Å². The van der Waals surface area contributed by atoms with Gasteiger partial charge in [-0.15, -0.1) is 0 Å². The second-order valence-corrected chi connectivity index (χ2v) is 6.15. The third kappa shape index (κ3) is 2.30. The molecule has 0 heterocycles. The normalized spacial score (nSPS) is 16.1. The zero-order valence-electron chi connectivity index (χ0n) is 13.6. The Hall–Kier alpha value is -2.93. The van der Waals surface area contributed by atoms with Crippen LogP contribution in [0.1, 0.15) is 35.1 Å². The monoisotopic (exact) mass is 310 g/mol. The molecule has 1 nitrogen and oxygen atoms in total. The van der Waals surface area contributed by atoms with Crippen molar-refractivity contribution in [2.45, 2.75) is 12.8 Å². The van der Waals surface area contributed by atoms with Gasteiger partial charge < -0.3 is 0 Å². The summed E-state index contributed by atoms with van der Waals surface area (Å²) in [6.07, 6.45) is 0. The highest BCUT2D eigenvalue weighted by Gasteiger charge is 2.35. The highest BCUT2D eigenvalue weighted by Crippen LogP contribution is 2.49. The van der Waals surface area contributed by atoms with Crippen LogP contribution in [0.4, 0.5) is 0 Å². The van der Waals surface area contributed by atoms with Crippen LogP contribution < -0.4 is 0 Å². The van der Waals surface area contributed by atoms with E-state index in [1.54, 1.807) is 6.92 Å². The number of carbonyl (C=O) groups excluding carboxylic acids is 1. The Morgan fingerprint density at radius 2 is 1.25 bits per heavy atom. The molecule has 0 N–H and O–H groups in total. The molecule has 0 radical (unpaired) electrons. The molecular weight excluding hydrogens is 292 g/mol. The van der Waals surface area contributed by atoms with Crippen molar-refractivity contribution in [1.82, 2.24) is 0 Å². The summed E-state index contributed by atoms with van der Waals surface area (Å²) < 4.78 is 0. The first-order valence-corrected chi connectivity index (χ1v) is 8.22. The smallest absolute Gasteiger partial charge is 0.141 e. The van der Waals surface area contributed by atoms with Gasteiger partial charge in [0.15, 0.2) is 0 Å². The highest BCUT2D eigenvalue weighted by molar-refractivity contribution is 6.14. The van der Waals surface area contributed by atoms with Gasteiger partial charge in [-0.25, -0.2) is 0 Å². The maximum Gasteiger partial charge on any atom is 0.141 e. The van der Waals surface area contributed by atoms with Gasteiger partial charge in [0.25, 0.3) is 0 Å². The minimum atomic E-state index is -0.196. The molecule has 0 bridgehead atoms. The summed E-state index contributed by atoms with van der Waals surface area (Å²) >= 11 is 0. The molecule has 0 saturated carbocycles. The van der Waals surface area contributed by atoms with E-state index in [0.717, 1.165) is 22.3 Å². The van der Waals surface area contributed by atoms with E-state index in [4.69, 9.17) is 0 Å². The summed E-state index contributed by atoms with van der Waals surface area (Å²) in [6.45, 7) is 1.69. The molecule has 0 fully saturated rings. The molecule has 116 valence electrons. The Bertz CT molecular complexity index is 921. The second-order valence-electron chi connectivity index (χ2n) is 6.15. The minimum absolute atomic E-state index is 0.187. The first-order chi connectivity index (χ1) is 11.8. The van der Waals surface area contributed by atoms with Crippen LogP contribution in [0.25, 0.3) is 11.1 Å². The maximum atomic E-state index is 12.5. The van der Waals surface area contributed by atoms with E-state index in [2.05, 4.69) is 48.5 Å². The topological polar surface area (TPSA) is 17.1 Å². The fourth-order valence-corrected chi connectivity index (χ4v) is 3.69. The Morgan fingerprint density at radius 3 is 1.88 bits per heavy atom. The lowest BCUT2D eigenvalue weighted by molar-refractivity contribution is -0.117. The predicted octanol–water partition coefficient (Wildman–Crippen LogP) is 5.33. The van der Waals surface area contributed by atoms with Crippen molar-refractivity contribution in [2.24, 2.45) is 0 Å². The number of fused-ring (bicyclic) bond motifs is 1. The first-order valence-electron chi connectivity index (χ1n) is 8.22. The molecule has 24 heavy (non-hydrogen) atoms. The number of ketones is 1.